The molecule has 0 aliphatic rings. The predicted molar refractivity (Wildman–Crippen MR) is 84.1 cm³/mol. The summed E-state index contributed by atoms with van der Waals surface area (Å²) < 4.78 is 0. The molecule has 0 unspecified atom stereocenters. The minimum atomic E-state index is 0.500. The van der Waals surface area contributed by atoms with Crippen LogP contribution in [-0.2, 0) is 0 Å². The van der Waals surface area contributed by atoms with Gasteiger partial charge >= 0.3 is 0 Å². The average Bonchev–Trinajstić information content (AvgIpc) is 2.55. The first-order chi connectivity index (χ1) is 10.3. The molecule has 1 heterocycles. The maximum atomic E-state index is 9.29. The minimum absolute atomic E-state index is 0.500. The second-order valence-electron chi connectivity index (χ2n) is 4.53. The van der Waals surface area contributed by atoms with Gasteiger partial charge in [0, 0.05) is 22.8 Å². The third-order valence-electron chi connectivity index (χ3n) is 3.19. The molecule has 0 radical (unpaired) electrons. The van der Waals surface area contributed by atoms with E-state index in [9.17, 15) is 5.26 Å². The standard InChI is InChI=1S/C18H11N3/c1-2-13-6-5-7-15(10-13)21-18-14(11-19)12-20-17-9-4-3-8-16(17)18/h1,3-10,12H,(H,20,21). The molecule has 3 aromatic rings. The van der Waals surface area contributed by atoms with Crippen LogP contribution >= 0.6 is 0 Å². The monoisotopic (exact) mass is 269 g/mol. The number of terminal acetylenes is 1. The summed E-state index contributed by atoms with van der Waals surface area (Å²) in [4.78, 5) is 4.29. The number of rotatable bonds is 2. The fraction of sp³-hybridized carbons (Fsp3) is 0. The van der Waals surface area contributed by atoms with Crippen molar-refractivity contribution in [2.24, 2.45) is 0 Å². The Morgan fingerprint density at radius 2 is 1.95 bits per heavy atom. The zero-order valence-corrected chi connectivity index (χ0v) is 11.2. The molecule has 0 saturated carbocycles. The number of fused-ring (bicyclic) bond motifs is 1. The van der Waals surface area contributed by atoms with Crippen LogP contribution in [0, 0.1) is 23.7 Å². The molecule has 2 aromatic carbocycles. The highest BCUT2D eigenvalue weighted by molar-refractivity contribution is 5.95. The Morgan fingerprint density at radius 1 is 1.10 bits per heavy atom. The lowest BCUT2D eigenvalue weighted by molar-refractivity contribution is 1.36. The molecule has 0 atom stereocenters. The van der Waals surface area contributed by atoms with Gasteiger partial charge in [0.2, 0.25) is 0 Å². The Kier molecular flexibility index (Phi) is 3.25. The van der Waals surface area contributed by atoms with Crippen LogP contribution in [0.3, 0.4) is 0 Å². The summed E-state index contributed by atoms with van der Waals surface area (Å²) in [6.07, 6.45) is 7.00. The van der Waals surface area contributed by atoms with Gasteiger partial charge in [-0.15, -0.1) is 6.42 Å². The van der Waals surface area contributed by atoms with Gasteiger partial charge in [0.1, 0.15) is 6.07 Å². The SMILES string of the molecule is C#Cc1cccc(Nc2c(C#N)cnc3ccccc23)c1. The molecule has 0 fully saturated rings. The Balaban J connectivity index is 2.15. The number of pyridine rings is 1. The molecule has 98 valence electrons. The van der Waals surface area contributed by atoms with Gasteiger partial charge in [0.25, 0.3) is 0 Å². The maximum Gasteiger partial charge on any atom is 0.103 e. The van der Waals surface area contributed by atoms with Crippen molar-refractivity contribution in [2.75, 3.05) is 5.32 Å². The molecular formula is C18H11N3. The summed E-state index contributed by atoms with van der Waals surface area (Å²) >= 11 is 0. The van der Waals surface area contributed by atoms with E-state index in [1.807, 2.05) is 48.5 Å². The molecule has 0 spiro atoms. The van der Waals surface area contributed by atoms with E-state index in [4.69, 9.17) is 6.42 Å². The van der Waals surface area contributed by atoms with Gasteiger partial charge < -0.3 is 5.32 Å². The van der Waals surface area contributed by atoms with E-state index in [1.54, 1.807) is 6.20 Å². The third kappa shape index (κ3) is 2.41. The highest BCUT2D eigenvalue weighted by Crippen LogP contribution is 2.28. The van der Waals surface area contributed by atoms with Gasteiger partial charge in [0.15, 0.2) is 0 Å². The van der Waals surface area contributed by atoms with Gasteiger partial charge in [-0.05, 0) is 24.3 Å². The summed E-state index contributed by atoms with van der Waals surface area (Å²) in [6.45, 7) is 0. The van der Waals surface area contributed by atoms with Gasteiger partial charge in [0.05, 0.1) is 16.8 Å². The number of benzene rings is 2. The molecule has 0 bridgehead atoms. The van der Waals surface area contributed by atoms with Crippen molar-refractivity contribution in [3.8, 4) is 18.4 Å². The largest absolute Gasteiger partial charge is 0.354 e. The zero-order valence-electron chi connectivity index (χ0n) is 11.2. The first-order valence-corrected chi connectivity index (χ1v) is 6.43. The van der Waals surface area contributed by atoms with Crippen LogP contribution in [0.5, 0.6) is 0 Å². The molecule has 1 N–H and O–H groups in total. The Hall–Kier alpha value is -3.30. The van der Waals surface area contributed by atoms with Crippen LogP contribution in [0.4, 0.5) is 11.4 Å². The van der Waals surface area contributed by atoms with Crippen molar-refractivity contribution in [2.45, 2.75) is 0 Å². The number of aromatic nitrogens is 1. The molecule has 3 nitrogen and oxygen atoms in total. The van der Waals surface area contributed by atoms with Crippen LogP contribution in [0.1, 0.15) is 11.1 Å². The van der Waals surface area contributed by atoms with Crippen molar-refractivity contribution in [3.05, 3.63) is 65.9 Å². The molecule has 3 heteroatoms. The molecule has 0 aliphatic heterocycles. The number of nitrogens with zero attached hydrogens (tertiary/aromatic N) is 2. The van der Waals surface area contributed by atoms with E-state index in [2.05, 4.69) is 22.3 Å². The smallest absolute Gasteiger partial charge is 0.103 e. The second-order valence-corrected chi connectivity index (χ2v) is 4.53. The van der Waals surface area contributed by atoms with Crippen molar-refractivity contribution in [1.29, 1.82) is 5.26 Å². The van der Waals surface area contributed by atoms with E-state index in [0.717, 1.165) is 27.8 Å². The molecule has 1 aromatic heterocycles. The molecule has 0 saturated heterocycles. The topological polar surface area (TPSA) is 48.7 Å². The first kappa shape index (κ1) is 12.7. The van der Waals surface area contributed by atoms with E-state index in [0.29, 0.717) is 5.56 Å². The Bertz CT molecular complexity index is 898. The summed E-state index contributed by atoms with van der Waals surface area (Å²) in [5.74, 6) is 2.60. The molecule has 0 aliphatic carbocycles. The van der Waals surface area contributed by atoms with Gasteiger partial charge in [-0.25, -0.2) is 0 Å². The van der Waals surface area contributed by atoms with Crippen LogP contribution in [0.15, 0.2) is 54.7 Å². The van der Waals surface area contributed by atoms with Crippen LogP contribution in [-0.4, -0.2) is 4.98 Å². The predicted octanol–water partition coefficient (Wildman–Crippen LogP) is 3.83. The second kappa shape index (κ2) is 5.36. The summed E-state index contributed by atoms with van der Waals surface area (Å²) in [5, 5.41) is 13.5. The third-order valence-corrected chi connectivity index (χ3v) is 3.19. The molecular weight excluding hydrogens is 258 g/mol. The van der Waals surface area contributed by atoms with E-state index >= 15 is 0 Å². The molecule has 0 amide bonds. The lowest BCUT2D eigenvalue weighted by atomic mass is 10.1. The lowest BCUT2D eigenvalue weighted by Gasteiger charge is -2.11. The number of para-hydroxylation sites is 1. The Morgan fingerprint density at radius 3 is 2.76 bits per heavy atom. The number of nitrogens with one attached hydrogen (secondary N) is 1. The Labute approximate surface area is 122 Å². The zero-order chi connectivity index (χ0) is 14.7. The quantitative estimate of drug-likeness (QED) is 0.719. The summed E-state index contributed by atoms with van der Waals surface area (Å²) in [7, 11) is 0. The van der Waals surface area contributed by atoms with E-state index in [1.165, 1.54) is 0 Å². The summed E-state index contributed by atoms with van der Waals surface area (Å²) in [5.41, 5.74) is 3.72. The average molecular weight is 269 g/mol. The first-order valence-electron chi connectivity index (χ1n) is 6.43. The highest BCUT2D eigenvalue weighted by Gasteiger charge is 2.08. The highest BCUT2D eigenvalue weighted by atomic mass is 14.9. The number of hydrogen-bond donors (Lipinski definition) is 1. The van der Waals surface area contributed by atoms with E-state index < -0.39 is 0 Å². The van der Waals surface area contributed by atoms with Crippen molar-refractivity contribution < 1.29 is 0 Å². The fourth-order valence-corrected chi connectivity index (χ4v) is 2.19. The minimum Gasteiger partial charge on any atom is -0.354 e. The summed E-state index contributed by atoms with van der Waals surface area (Å²) in [6, 6.07) is 17.4. The van der Waals surface area contributed by atoms with Crippen LogP contribution in [0.25, 0.3) is 10.9 Å². The van der Waals surface area contributed by atoms with Gasteiger partial charge in [-0.2, -0.15) is 5.26 Å². The van der Waals surface area contributed by atoms with Crippen LogP contribution < -0.4 is 5.32 Å². The lowest BCUT2D eigenvalue weighted by Crippen LogP contribution is -1.97. The van der Waals surface area contributed by atoms with Crippen molar-refractivity contribution in [1.82, 2.24) is 4.98 Å². The van der Waals surface area contributed by atoms with E-state index in [-0.39, 0.29) is 0 Å². The van der Waals surface area contributed by atoms with Gasteiger partial charge in [-0.1, -0.05) is 30.2 Å². The molecule has 21 heavy (non-hydrogen) atoms. The molecule has 3 rings (SSSR count). The van der Waals surface area contributed by atoms with Crippen molar-refractivity contribution in [3.63, 3.8) is 0 Å². The van der Waals surface area contributed by atoms with Gasteiger partial charge in [-0.3, -0.25) is 4.98 Å². The maximum absolute atomic E-state index is 9.29. The normalized spacial score (nSPS) is 9.81. The van der Waals surface area contributed by atoms with Crippen molar-refractivity contribution >= 4 is 22.3 Å². The number of nitriles is 1. The fourth-order valence-electron chi connectivity index (χ4n) is 2.19. The number of anilines is 2. The van der Waals surface area contributed by atoms with Crippen LogP contribution in [0.2, 0.25) is 0 Å². The number of hydrogen-bond acceptors (Lipinski definition) is 3.